The number of nitrogens with one attached hydrogen (secondary N) is 1. The van der Waals surface area contributed by atoms with Crippen molar-refractivity contribution in [3.63, 3.8) is 0 Å². The molecule has 0 saturated carbocycles. The minimum Gasteiger partial charge on any atom is -0.376 e. The van der Waals surface area contributed by atoms with Crippen LogP contribution >= 0.6 is 11.3 Å². The van der Waals surface area contributed by atoms with Crippen molar-refractivity contribution in [2.75, 3.05) is 5.32 Å². The van der Waals surface area contributed by atoms with Crippen LogP contribution in [-0.4, -0.2) is 8.42 Å². The molecule has 21 heavy (non-hydrogen) atoms. The Hall–Kier alpha value is -1.44. The summed E-state index contributed by atoms with van der Waals surface area (Å²) in [6, 6.07) is 5.82. The van der Waals surface area contributed by atoms with E-state index in [0.29, 0.717) is 5.69 Å². The molecule has 1 unspecified atom stereocenters. The first kappa shape index (κ1) is 14.5. The highest BCUT2D eigenvalue weighted by atomic mass is 32.2. The van der Waals surface area contributed by atoms with Crippen LogP contribution in [0.5, 0.6) is 0 Å². The number of nitrogens with two attached hydrogens (primary N) is 1. The monoisotopic (exact) mass is 326 g/mol. The van der Waals surface area contributed by atoms with Crippen molar-refractivity contribution >= 4 is 27.0 Å². The molecule has 1 atom stereocenters. The van der Waals surface area contributed by atoms with E-state index < -0.39 is 15.8 Å². The van der Waals surface area contributed by atoms with Crippen LogP contribution < -0.4 is 10.5 Å². The molecule has 4 nitrogen and oxygen atoms in total. The molecule has 3 N–H and O–H groups in total. The van der Waals surface area contributed by atoms with Crippen molar-refractivity contribution in [2.24, 2.45) is 5.14 Å². The predicted molar refractivity (Wildman–Crippen MR) is 81.4 cm³/mol. The summed E-state index contributed by atoms with van der Waals surface area (Å²) in [5.74, 6) is -0.608. The Morgan fingerprint density at radius 1 is 1.33 bits per heavy atom. The van der Waals surface area contributed by atoms with Crippen LogP contribution in [0.25, 0.3) is 0 Å². The quantitative estimate of drug-likeness (QED) is 0.910. The molecular formula is C14H15FN2O2S2. The highest BCUT2D eigenvalue weighted by Crippen LogP contribution is 2.36. The molecule has 1 aromatic carbocycles. The Morgan fingerprint density at radius 2 is 2.14 bits per heavy atom. The van der Waals surface area contributed by atoms with Gasteiger partial charge in [-0.1, -0.05) is 0 Å². The number of thiophene rings is 1. The van der Waals surface area contributed by atoms with Crippen LogP contribution in [0.1, 0.15) is 29.3 Å². The van der Waals surface area contributed by atoms with Crippen LogP contribution in [0.15, 0.2) is 34.5 Å². The lowest BCUT2D eigenvalue weighted by atomic mass is 9.94. The first-order chi connectivity index (χ1) is 9.95. The SMILES string of the molecule is NS(=O)(=O)c1ccc(NC2CCCc3sccc32)c(F)c1. The second kappa shape index (κ2) is 5.40. The van der Waals surface area contributed by atoms with Crippen molar-refractivity contribution in [1.82, 2.24) is 0 Å². The van der Waals surface area contributed by atoms with Gasteiger partial charge in [0.05, 0.1) is 16.6 Å². The third-order valence-corrected chi connectivity index (χ3v) is 5.56. The number of fused-ring (bicyclic) bond motifs is 1. The van der Waals surface area contributed by atoms with E-state index in [-0.39, 0.29) is 10.9 Å². The second-order valence-corrected chi connectivity index (χ2v) is 7.64. The van der Waals surface area contributed by atoms with Crippen LogP contribution in [0.4, 0.5) is 10.1 Å². The normalized spacial score (nSPS) is 18.3. The highest BCUT2D eigenvalue weighted by Gasteiger charge is 2.22. The highest BCUT2D eigenvalue weighted by molar-refractivity contribution is 7.89. The molecule has 0 aliphatic heterocycles. The zero-order valence-corrected chi connectivity index (χ0v) is 12.8. The third kappa shape index (κ3) is 2.95. The van der Waals surface area contributed by atoms with Gasteiger partial charge in [-0.15, -0.1) is 11.3 Å². The average Bonchev–Trinajstić information content (AvgIpc) is 2.89. The van der Waals surface area contributed by atoms with E-state index in [1.54, 1.807) is 11.3 Å². The number of primary sulfonamides is 1. The van der Waals surface area contributed by atoms with Gasteiger partial charge in [0.25, 0.3) is 0 Å². The predicted octanol–water partition coefficient (Wildman–Crippen LogP) is 3.02. The van der Waals surface area contributed by atoms with E-state index in [1.807, 2.05) is 5.38 Å². The summed E-state index contributed by atoms with van der Waals surface area (Å²) in [4.78, 5) is 1.12. The van der Waals surface area contributed by atoms with Gasteiger partial charge in [0.15, 0.2) is 0 Å². The van der Waals surface area contributed by atoms with Gasteiger partial charge in [0.2, 0.25) is 10.0 Å². The molecule has 2 aromatic rings. The number of sulfonamides is 1. The Bertz CT molecular complexity index is 771. The second-order valence-electron chi connectivity index (χ2n) is 5.07. The van der Waals surface area contributed by atoms with Gasteiger partial charge >= 0.3 is 0 Å². The number of benzene rings is 1. The minimum atomic E-state index is -3.88. The molecule has 0 amide bonds. The van der Waals surface area contributed by atoms with Crippen molar-refractivity contribution in [2.45, 2.75) is 30.2 Å². The number of rotatable bonds is 3. The van der Waals surface area contributed by atoms with E-state index >= 15 is 0 Å². The summed E-state index contributed by atoms with van der Waals surface area (Å²) in [6.45, 7) is 0. The fourth-order valence-electron chi connectivity index (χ4n) is 2.61. The largest absolute Gasteiger partial charge is 0.376 e. The summed E-state index contributed by atoms with van der Waals surface area (Å²) in [7, 11) is -3.88. The van der Waals surface area contributed by atoms with E-state index in [2.05, 4.69) is 11.4 Å². The summed E-state index contributed by atoms with van der Waals surface area (Å²) in [6.07, 6.45) is 3.06. The lowest BCUT2D eigenvalue weighted by Gasteiger charge is -2.25. The minimum absolute atomic E-state index is 0.0647. The third-order valence-electron chi connectivity index (χ3n) is 3.65. The molecule has 3 rings (SSSR count). The number of hydrogen-bond donors (Lipinski definition) is 2. The fourth-order valence-corrected chi connectivity index (χ4v) is 4.13. The number of halogens is 1. The molecule has 112 valence electrons. The number of aryl methyl sites for hydroxylation is 1. The molecule has 7 heteroatoms. The molecule has 0 saturated heterocycles. The standard InChI is InChI=1S/C14H15FN2O2S2/c15-11-8-9(21(16,18)19)4-5-13(11)17-12-2-1-3-14-10(12)6-7-20-14/h4-8,12,17H,1-3H2,(H2,16,18,19). The molecule has 1 aliphatic carbocycles. The summed E-state index contributed by atoms with van der Waals surface area (Å²) in [5.41, 5.74) is 1.51. The van der Waals surface area contributed by atoms with Crippen molar-refractivity contribution in [3.05, 3.63) is 45.9 Å². The maximum atomic E-state index is 14.1. The molecule has 0 spiro atoms. The topological polar surface area (TPSA) is 72.2 Å². The molecular weight excluding hydrogens is 311 g/mol. The van der Waals surface area contributed by atoms with Crippen molar-refractivity contribution in [1.29, 1.82) is 0 Å². The Kier molecular flexibility index (Phi) is 3.73. The van der Waals surface area contributed by atoms with E-state index in [9.17, 15) is 12.8 Å². The Morgan fingerprint density at radius 3 is 2.86 bits per heavy atom. The fraction of sp³-hybridized carbons (Fsp3) is 0.286. The van der Waals surface area contributed by atoms with Gasteiger partial charge in [0, 0.05) is 4.88 Å². The Labute approximate surface area is 126 Å². The van der Waals surface area contributed by atoms with Gasteiger partial charge in [-0.25, -0.2) is 17.9 Å². The maximum Gasteiger partial charge on any atom is 0.238 e. The zero-order valence-electron chi connectivity index (χ0n) is 11.2. The number of hydrogen-bond acceptors (Lipinski definition) is 4. The number of anilines is 1. The molecule has 0 fully saturated rings. The van der Waals surface area contributed by atoms with E-state index in [0.717, 1.165) is 25.3 Å². The van der Waals surface area contributed by atoms with Crippen LogP contribution in [-0.2, 0) is 16.4 Å². The van der Waals surface area contributed by atoms with Crippen molar-refractivity contribution in [3.8, 4) is 0 Å². The molecule has 1 aliphatic rings. The van der Waals surface area contributed by atoms with Gasteiger partial charge < -0.3 is 5.32 Å². The summed E-state index contributed by atoms with van der Waals surface area (Å²) in [5, 5.41) is 10.2. The van der Waals surface area contributed by atoms with E-state index in [1.165, 1.54) is 22.6 Å². The van der Waals surface area contributed by atoms with Crippen molar-refractivity contribution < 1.29 is 12.8 Å². The maximum absolute atomic E-state index is 14.1. The van der Waals surface area contributed by atoms with Crippen LogP contribution in [0.3, 0.4) is 0 Å². The molecule has 1 aromatic heterocycles. The summed E-state index contributed by atoms with van der Waals surface area (Å²) < 4.78 is 36.5. The molecule has 0 radical (unpaired) electrons. The van der Waals surface area contributed by atoms with E-state index in [4.69, 9.17) is 5.14 Å². The smallest absolute Gasteiger partial charge is 0.238 e. The van der Waals surface area contributed by atoms with Crippen LogP contribution in [0, 0.1) is 5.82 Å². The zero-order chi connectivity index (χ0) is 15.0. The summed E-state index contributed by atoms with van der Waals surface area (Å²) >= 11 is 1.72. The lowest BCUT2D eigenvalue weighted by molar-refractivity contribution is 0.585. The Balaban J connectivity index is 1.87. The molecule has 0 bridgehead atoms. The lowest BCUT2D eigenvalue weighted by Crippen LogP contribution is -2.17. The average molecular weight is 326 g/mol. The first-order valence-electron chi connectivity index (χ1n) is 6.60. The van der Waals surface area contributed by atoms with Crippen LogP contribution in [0.2, 0.25) is 0 Å². The van der Waals surface area contributed by atoms with Gasteiger partial charge in [-0.2, -0.15) is 0 Å². The van der Waals surface area contributed by atoms with Gasteiger partial charge in [-0.05, 0) is 54.5 Å². The first-order valence-corrected chi connectivity index (χ1v) is 9.03. The molecule has 1 heterocycles. The van der Waals surface area contributed by atoms with Gasteiger partial charge in [0.1, 0.15) is 5.82 Å². The van der Waals surface area contributed by atoms with Gasteiger partial charge in [-0.3, -0.25) is 0 Å².